The topological polar surface area (TPSA) is 69.6 Å². The number of rotatable bonds is 6. The fourth-order valence-electron chi connectivity index (χ4n) is 2.20. The molecular weight excluding hydrogens is 292 g/mol. The fourth-order valence-corrected chi connectivity index (χ4v) is 2.20. The van der Waals surface area contributed by atoms with Crippen molar-refractivity contribution in [2.75, 3.05) is 13.2 Å². The third kappa shape index (κ3) is 5.23. The zero-order chi connectivity index (χ0) is 16.5. The van der Waals surface area contributed by atoms with Crippen molar-refractivity contribution in [2.24, 2.45) is 0 Å². The van der Waals surface area contributed by atoms with E-state index in [1.807, 2.05) is 60.7 Å². The van der Waals surface area contributed by atoms with Crippen molar-refractivity contribution in [3.05, 3.63) is 71.8 Å². The van der Waals surface area contributed by atoms with Gasteiger partial charge in [0.1, 0.15) is 0 Å². The van der Waals surface area contributed by atoms with Crippen LogP contribution in [0.1, 0.15) is 11.1 Å². The van der Waals surface area contributed by atoms with Gasteiger partial charge in [0.25, 0.3) is 0 Å². The summed E-state index contributed by atoms with van der Waals surface area (Å²) in [6.45, 7) is 0.563. The first-order valence-corrected chi connectivity index (χ1v) is 7.46. The zero-order valence-electron chi connectivity index (χ0n) is 12.8. The number of benzene rings is 2. The van der Waals surface area contributed by atoms with Crippen LogP contribution in [-0.4, -0.2) is 35.0 Å². The van der Waals surface area contributed by atoms with Crippen LogP contribution in [0.4, 0.5) is 0 Å². The molecule has 0 fully saturated rings. The van der Waals surface area contributed by atoms with Crippen molar-refractivity contribution >= 4 is 11.8 Å². The highest BCUT2D eigenvalue weighted by Crippen LogP contribution is 2.10. The summed E-state index contributed by atoms with van der Waals surface area (Å²) in [7, 11) is 0. The molecule has 0 unspecified atom stereocenters. The van der Waals surface area contributed by atoms with E-state index in [0.717, 1.165) is 11.1 Å². The minimum atomic E-state index is -0.703. The van der Waals surface area contributed by atoms with Gasteiger partial charge < -0.3 is 15.3 Å². The van der Waals surface area contributed by atoms with Crippen LogP contribution >= 0.6 is 0 Å². The molecule has 0 aliphatic heterocycles. The van der Waals surface area contributed by atoms with E-state index >= 15 is 0 Å². The van der Waals surface area contributed by atoms with Crippen LogP contribution in [0.3, 0.4) is 0 Å². The number of nitrogens with one attached hydrogen (secondary N) is 1. The number of amides is 2. The van der Waals surface area contributed by atoms with Crippen molar-refractivity contribution in [2.45, 2.75) is 13.1 Å². The standard InChI is InChI=1S/C18H20N2O3/c21-12-11-19-17(22)18(23)20(13-15-7-3-1-4-8-15)14-16-9-5-2-6-10-16/h1-10,21H,11-14H2,(H,19,22). The number of aliphatic hydroxyl groups is 1. The van der Waals surface area contributed by atoms with Crippen LogP contribution in [0.25, 0.3) is 0 Å². The Hall–Kier alpha value is -2.66. The first kappa shape index (κ1) is 16.7. The Morgan fingerprint density at radius 1 is 0.870 bits per heavy atom. The Balaban J connectivity index is 2.13. The van der Waals surface area contributed by atoms with Crippen molar-refractivity contribution in [3.8, 4) is 0 Å². The average Bonchev–Trinajstić information content (AvgIpc) is 2.60. The van der Waals surface area contributed by atoms with Crippen LogP contribution in [0, 0.1) is 0 Å². The molecule has 0 spiro atoms. The van der Waals surface area contributed by atoms with E-state index in [9.17, 15) is 9.59 Å². The molecule has 2 aromatic rings. The number of carbonyl (C=O) groups is 2. The van der Waals surface area contributed by atoms with Crippen LogP contribution in [-0.2, 0) is 22.7 Å². The molecule has 0 saturated carbocycles. The molecule has 0 bridgehead atoms. The normalized spacial score (nSPS) is 10.1. The van der Waals surface area contributed by atoms with Crippen molar-refractivity contribution in [1.29, 1.82) is 0 Å². The summed E-state index contributed by atoms with van der Waals surface area (Å²) in [5.74, 6) is -1.31. The van der Waals surface area contributed by atoms with Gasteiger partial charge in [-0.15, -0.1) is 0 Å². The van der Waals surface area contributed by atoms with E-state index in [2.05, 4.69) is 5.32 Å². The maximum Gasteiger partial charge on any atom is 0.312 e. The van der Waals surface area contributed by atoms with Gasteiger partial charge in [-0.05, 0) is 11.1 Å². The number of nitrogens with zero attached hydrogens (tertiary/aromatic N) is 1. The molecule has 2 N–H and O–H groups in total. The molecule has 5 nitrogen and oxygen atoms in total. The molecule has 0 radical (unpaired) electrons. The zero-order valence-corrected chi connectivity index (χ0v) is 12.8. The first-order valence-electron chi connectivity index (χ1n) is 7.46. The van der Waals surface area contributed by atoms with E-state index < -0.39 is 11.8 Å². The van der Waals surface area contributed by atoms with E-state index in [1.165, 1.54) is 4.90 Å². The monoisotopic (exact) mass is 312 g/mol. The van der Waals surface area contributed by atoms with Gasteiger partial charge in [-0.25, -0.2) is 0 Å². The third-order valence-electron chi connectivity index (χ3n) is 3.31. The van der Waals surface area contributed by atoms with Gasteiger partial charge >= 0.3 is 11.8 Å². The Morgan fingerprint density at radius 2 is 1.35 bits per heavy atom. The Morgan fingerprint density at radius 3 is 1.78 bits per heavy atom. The van der Waals surface area contributed by atoms with Crippen LogP contribution < -0.4 is 5.32 Å². The summed E-state index contributed by atoms with van der Waals surface area (Å²) in [4.78, 5) is 25.8. The van der Waals surface area contributed by atoms with E-state index in [0.29, 0.717) is 13.1 Å². The maximum atomic E-state index is 12.4. The molecule has 0 aromatic heterocycles. The van der Waals surface area contributed by atoms with Gasteiger partial charge in [-0.2, -0.15) is 0 Å². The molecule has 2 aromatic carbocycles. The minimum Gasteiger partial charge on any atom is -0.395 e. The third-order valence-corrected chi connectivity index (χ3v) is 3.31. The molecule has 23 heavy (non-hydrogen) atoms. The lowest BCUT2D eigenvalue weighted by Crippen LogP contribution is -2.43. The van der Waals surface area contributed by atoms with Gasteiger partial charge in [0, 0.05) is 19.6 Å². The number of aliphatic hydroxyl groups excluding tert-OH is 1. The summed E-state index contributed by atoms with van der Waals surface area (Å²) < 4.78 is 0. The first-order chi connectivity index (χ1) is 11.2. The van der Waals surface area contributed by atoms with Crippen molar-refractivity contribution in [1.82, 2.24) is 10.2 Å². The average molecular weight is 312 g/mol. The van der Waals surface area contributed by atoms with Crippen LogP contribution in [0.15, 0.2) is 60.7 Å². The molecule has 120 valence electrons. The summed E-state index contributed by atoms with van der Waals surface area (Å²) in [5, 5.41) is 11.2. The summed E-state index contributed by atoms with van der Waals surface area (Å²) in [6.07, 6.45) is 0. The quantitative estimate of drug-likeness (QED) is 0.791. The van der Waals surface area contributed by atoms with Gasteiger partial charge in [0.15, 0.2) is 0 Å². The number of hydrogen-bond donors (Lipinski definition) is 2. The molecule has 2 amide bonds. The Labute approximate surface area is 135 Å². The summed E-state index contributed by atoms with van der Waals surface area (Å²) in [6, 6.07) is 19.0. The smallest absolute Gasteiger partial charge is 0.312 e. The summed E-state index contributed by atoms with van der Waals surface area (Å²) in [5.41, 5.74) is 1.90. The van der Waals surface area contributed by atoms with Crippen molar-refractivity contribution in [3.63, 3.8) is 0 Å². The van der Waals surface area contributed by atoms with E-state index in [4.69, 9.17) is 5.11 Å². The molecule has 0 saturated heterocycles. The SMILES string of the molecule is O=C(NCCO)C(=O)N(Cc1ccccc1)Cc1ccccc1. The molecule has 2 rings (SSSR count). The molecular formula is C18H20N2O3. The highest BCUT2D eigenvalue weighted by atomic mass is 16.3. The Bertz CT molecular complexity index is 588. The lowest BCUT2D eigenvalue weighted by Gasteiger charge is -2.22. The second-order valence-electron chi connectivity index (χ2n) is 5.11. The lowest BCUT2D eigenvalue weighted by atomic mass is 10.1. The van der Waals surface area contributed by atoms with E-state index in [1.54, 1.807) is 0 Å². The Kier molecular flexibility index (Phi) is 6.32. The predicted molar refractivity (Wildman–Crippen MR) is 87.2 cm³/mol. The van der Waals surface area contributed by atoms with Crippen LogP contribution in [0.5, 0.6) is 0 Å². The largest absolute Gasteiger partial charge is 0.395 e. The molecule has 0 aliphatic rings. The van der Waals surface area contributed by atoms with E-state index in [-0.39, 0.29) is 13.2 Å². The highest BCUT2D eigenvalue weighted by Gasteiger charge is 2.21. The van der Waals surface area contributed by atoms with Gasteiger partial charge in [0.2, 0.25) is 0 Å². The fraction of sp³-hybridized carbons (Fsp3) is 0.222. The second-order valence-corrected chi connectivity index (χ2v) is 5.11. The van der Waals surface area contributed by atoms with Gasteiger partial charge in [0.05, 0.1) is 6.61 Å². The van der Waals surface area contributed by atoms with Gasteiger partial charge in [-0.1, -0.05) is 60.7 Å². The lowest BCUT2D eigenvalue weighted by molar-refractivity contribution is -0.146. The minimum absolute atomic E-state index is 0.0646. The number of hydrogen-bond acceptors (Lipinski definition) is 3. The molecule has 0 atom stereocenters. The predicted octanol–water partition coefficient (Wildman–Crippen LogP) is 1.32. The molecule has 5 heteroatoms. The maximum absolute atomic E-state index is 12.4. The number of carbonyl (C=O) groups excluding carboxylic acids is 2. The van der Waals surface area contributed by atoms with Gasteiger partial charge in [-0.3, -0.25) is 9.59 Å². The highest BCUT2D eigenvalue weighted by molar-refractivity contribution is 6.34. The van der Waals surface area contributed by atoms with Crippen molar-refractivity contribution < 1.29 is 14.7 Å². The molecule has 0 heterocycles. The second kappa shape index (κ2) is 8.70. The summed E-state index contributed by atoms with van der Waals surface area (Å²) >= 11 is 0. The molecule has 0 aliphatic carbocycles. The van der Waals surface area contributed by atoms with Crippen LogP contribution in [0.2, 0.25) is 0 Å².